The Morgan fingerprint density at radius 3 is 2.94 bits per heavy atom. The average Bonchev–Trinajstić information content (AvgIpc) is 2.65. The first-order valence-corrected chi connectivity index (χ1v) is 6.12. The fourth-order valence-electron chi connectivity index (χ4n) is 1.51. The monoisotopic (exact) mass is 251 g/mol. The lowest BCUT2D eigenvalue weighted by Crippen LogP contribution is -1.92. The number of rotatable bonds is 3. The summed E-state index contributed by atoms with van der Waals surface area (Å²) in [4.78, 5) is 12.3. The van der Waals surface area contributed by atoms with E-state index in [0.29, 0.717) is 16.3 Å². The minimum absolute atomic E-state index is 0.0719. The van der Waals surface area contributed by atoms with Gasteiger partial charge in [0.1, 0.15) is 0 Å². The standard InChI is InChI=1S/C12H10ClNOS/c1-2-9(15)12-11(13)8-4-3-7(6-14)5-10(8)16-12/h3-6,14H,2H2,1H3. The van der Waals surface area contributed by atoms with Gasteiger partial charge in [-0.3, -0.25) is 4.79 Å². The number of carbonyl (C=O) groups is 1. The molecule has 16 heavy (non-hydrogen) atoms. The zero-order chi connectivity index (χ0) is 11.7. The van der Waals surface area contributed by atoms with Gasteiger partial charge in [-0.05, 0) is 11.6 Å². The first-order chi connectivity index (χ1) is 7.67. The normalized spacial score (nSPS) is 10.6. The number of benzene rings is 1. The van der Waals surface area contributed by atoms with E-state index in [0.717, 1.165) is 15.6 Å². The smallest absolute Gasteiger partial charge is 0.174 e. The van der Waals surface area contributed by atoms with Gasteiger partial charge in [-0.25, -0.2) is 0 Å². The van der Waals surface area contributed by atoms with Crippen molar-refractivity contribution in [1.29, 1.82) is 5.41 Å². The predicted octanol–water partition coefficient (Wildman–Crippen LogP) is 4.15. The van der Waals surface area contributed by atoms with Gasteiger partial charge in [-0.2, -0.15) is 0 Å². The van der Waals surface area contributed by atoms with E-state index in [4.69, 9.17) is 17.0 Å². The van der Waals surface area contributed by atoms with Crippen LogP contribution in [0.4, 0.5) is 0 Å². The van der Waals surface area contributed by atoms with Crippen LogP contribution in [0.25, 0.3) is 10.1 Å². The molecule has 1 N–H and O–H groups in total. The molecule has 0 amide bonds. The summed E-state index contributed by atoms with van der Waals surface area (Å²) in [6, 6.07) is 5.57. The largest absolute Gasteiger partial charge is 0.308 e. The molecule has 0 aliphatic rings. The summed E-state index contributed by atoms with van der Waals surface area (Å²) < 4.78 is 0.961. The average molecular weight is 252 g/mol. The van der Waals surface area contributed by atoms with Gasteiger partial charge in [-0.1, -0.05) is 30.7 Å². The summed E-state index contributed by atoms with van der Waals surface area (Å²) in [7, 11) is 0. The second kappa shape index (κ2) is 4.36. The first-order valence-electron chi connectivity index (χ1n) is 4.93. The van der Waals surface area contributed by atoms with Crippen LogP contribution in [0.15, 0.2) is 18.2 Å². The molecule has 1 aromatic heterocycles. The van der Waals surface area contributed by atoms with Crippen LogP contribution in [-0.2, 0) is 0 Å². The van der Waals surface area contributed by atoms with Crippen LogP contribution >= 0.6 is 22.9 Å². The maximum atomic E-state index is 11.6. The lowest BCUT2D eigenvalue weighted by atomic mass is 10.1. The zero-order valence-electron chi connectivity index (χ0n) is 8.71. The fourth-order valence-corrected chi connectivity index (χ4v) is 3.11. The highest BCUT2D eigenvalue weighted by molar-refractivity contribution is 7.21. The van der Waals surface area contributed by atoms with Crippen molar-refractivity contribution in [2.24, 2.45) is 0 Å². The number of Topliss-reactive ketones (excluding diaryl/α,β-unsaturated/α-hetero) is 1. The van der Waals surface area contributed by atoms with Crippen LogP contribution in [0.3, 0.4) is 0 Å². The van der Waals surface area contributed by atoms with Crippen molar-refractivity contribution in [2.75, 3.05) is 0 Å². The highest BCUT2D eigenvalue weighted by atomic mass is 35.5. The van der Waals surface area contributed by atoms with Crippen molar-refractivity contribution >= 4 is 45.0 Å². The quantitative estimate of drug-likeness (QED) is 0.646. The van der Waals surface area contributed by atoms with E-state index in [1.807, 2.05) is 25.1 Å². The molecule has 0 unspecified atom stereocenters. The van der Waals surface area contributed by atoms with Crippen molar-refractivity contribution in [1.82, 2.24) is 0 Å². The topological polar surface area (TPSA) is 40.9 Å². The van der Waals surface area contributed by atoms with Crippen LogP contribution in [0, 0.1) is 5.41 Å². The number of nitrogens with one attached hydrogen (secondary N) is 1. The van der Waals surface area contributed by atoms with Gasteiger partial charge in [0.05, 0.1) is 9.90 Å². The molecule has 0 saturated heterocycles. The third-order valence-electron chi connectivity index (χ3n) is 2.39. The lowest BCUT2D eigenvalue weighted by Gasteiger charge is -1.93. The Kier molecular flexibility index (Phi) is 3.08. The maximum absolute atomic E-state index is 11.6. The Bertz CT molecular complexity index is 574. The molecule has 2 aromatic rings. The van der Waals surface area contributed by atoms with Crippen LogP contribution < -0.4 is 0 Å². The van der Waals surface area contributed by atoms with Gasteiger partial charge in [0.15, 0.2) is 5.78 Å². The Morgan fingerprint density at radius 1 is 1.56 bits per heavy atom. The van der Waals surface area contributed by atoms with Crippen molar-refractivity contribution in [2.45, 2.75) is 13.3 Å². The van der Waals surface area contributed by atoms with Crippen molar-refractivity contribution in [3.05, 3.63) is 33.7 Å². The number of thiophene rings is 1. The van der Waals surface area contributed by atoms with E-state index in [2.05, 4.69) is 0 Å². The third kappa shape index (κ3) is 1.77. The number of hydrogen-bond acceptors (Lipinski definition) is 3. The van der Waals surface area contributed by atoms with Gasteiger partial charge in [0, 0.05) is 22.7 Å². The Hall–Kier alpha value is -1.19. The summed E-state index contributed by atoms with van der Waals surface area (Å²) in [6.07, 6.45) is 1.75. The molecule has 82 valence electrons. The number of hydrogen-bond donors (Lipinski definition) is 1. The first kappa shape index (κ1) is 11.3. The third-order valence-corrected chi connectivity index (χ3v) is 4.09. The molecule has 1 aromatic carbocycles. The molecule has 0 radical (unpaired) electrons. The zero-order valence-corrected chi connectivity index (χ0v) is 10.3. The SMILES string of the molecule is CCC(=O)c1sc2cc(C=N)ccc2c1Cl. The van der Waals surface area contributed by atoms with E-state index in [1.165, 1.54) is 17.6 Å². The van der Waals surface area contributed by atoms with Gasteiger partial charge in [-0.15, -0.1) is 11.3 Å². The molecule has 0 saturated carbocycles. The van der Waals surface area contributed by atoms with Crippen LogP contribution in [0.5, 0.6) is 0 Å². The number of carbonyl (C=O) groups excluding carboxylic acids is 1. The van der Waals surface area contributed by atoms with Gasteiger partial charge in [0.25, 0.3) is 0 Å². The van der Waals surface area contributed by atoms with E-state index in [-0.39, 0.29) is 5.78 Å². The van der Waals surface area contributed by atoms with E-state index >= 15 is 0 Å². The molecule has 0 bridgehead atoms. The number of fused-ring (bicyclic) bond motifs is 1. The second-order valence-corrected chi connectivity index (χ2v) is 4.85. The Labute approximate surface area is 102 Å². The van der Waals surface area contributed by atoms with Crippen molar-refractivity contribution in [3.8, 4) is 0 Å². The minimum atomic E-state index is 0.0719. The highest BCUT2D eigenvalue weighted by Gasteiger charge is 2.15. The Balaban J connectivity index is 2.67. The molecule has 4 heteroatoms. The fraction of sp³-hybridized carbons (Fsp3) is 0.167. The minimum Gasteiger partial charge on any atom is -0.308 e. The highest BCUT2D eigenvalue weighted by Crippen LogP contribution is 2.36. The number of ketones is 1. The molecule has 0 atom stereocenters. The summed E-state index contributed by atoms with van der Waals surface area (Å²) in [6.45, 7) is 1.83. The molecular formula is C12H10ClNOS. The van der Waals surface area contributed by atoms with Gasteiger partial charge < -0.3 is 5.41 Å². The van der Waals surface area contributed by atoms with E-state index in [1.54, 1.807) is 0 Å². The van der Waals surface area contributed by atoms with Gasteiger partial charge in [0.2, 0.25) is 0 Å². The summed E-state index contributed by atoms with van der Waals surface area (Å²) >= 11 is 7.56. The summed E-state index contributed by atoms with van der Waals surface area (Å²) in [5.74, 6) is 0.0719. The van der Waals surface area contributed by atoms with E-state index in [9.17, 15) is 4.79 Å². The predicted molar refractivity (Wildman–Crippen MR) is 69.3 cm³/mol. The van der Waals surface area contributed by atoms with Crippen LogP contribution in [0.2, 0.25) is 5.02 Å². The summed E-state index contributed by atoms with van der Waals surface area (Å²) in [5.41, 5.74) is 0.820. The summed E-state index contributed by atoms with van der Waals surface area (Å²) in [5, 5.41) is 8.62. The van der Waals surface area contributed by atoms with Gasteiger partial charge >= 0.3 is 0 Å². The van der Waals surface area contributed by atoms with Crippen LogP contribution in [0.1, 0.15) is 28.6 Å². The molecule has 0 aliphatic heterocycles. The molecule has 2 rings (SSSR count). The van der Waals surface area contributed by atoms with Crippen molar-refractivity contribution < 1.29 is 4.79 Å². The molecule has 0 spiro atoms. The molecule has 2 nitrogen and oxygen atoms in total. The molecule has 0 aliphatic carbocycles. The maximum Gasteiger partial charge on any atom is 0.174 e. The second-order valence-electron chi connectivity index (χ2n) is 3.42. The number of halogens is 1. The molecule has 0 fully saturated rings. The van der Waals surface area contributed by atoms with Crippen molar-refractivity contribution in [3.63, 3.8) is 0 Å². The van der Waals surface area contributed by atoms with E-state index < -0.39 is 0 Å². The van der Waals surface area contributed by atoms with Crippen LogP contribution in [-0.4, -0.2) is 12.0 Å². The lowest BCUT2D eigenvalue weighted by molar-refractivity contribution is 0.0992. The Morgan fingerprint density at radius 2 is 2.31 bits per heavy atom. The molecule has 1 heterocycles. The molecular weight excluding hydrogens is 242 g/mol.